The fourth-order valence-corrected chi connectivity index (χ4v) is 5.26. The van der Waals surface area contributed by atoms with Crippen molar-refractivity contribution < 1.29 is 4.79 Å². The average molecular weight is 497 g/mol. The Balaban J connectivity index is 1.65. The highest BCUT2D eigenvalue weighted by Gasteiger charge is 2.40. The van der Waals surface area contributed by atoms with E-state index in [2.05, 4.69) is 10.2 Å². The predicted molar refractivity (Wildman–Crippen MR) is 137 cm³/mol. The molecule has 9 nitrogen and oxygen atoms in total. The molecule has 2 fully saturated rings. The molecule has 0 spiro atoms. The number of carbonyl (C=O) groups is 1. The highest BCUT2D eigenvalue weighted by Crippen LogP contribution is 2.32. The Bertz CT molecular complexity index is 1450. The van der Waals surface area contributed by atoms with Gasteiger partial charge in [0.1, 0.15) is 0 Å². The van der Waals surface area contributed by atoms with Gasteiger partial charge >= 0.3 is 5.69 Å². The number of imidazole rings is 1. The molecule has 10 heteroatoms. The third-order valence-electron chi connectivity index (χ3n) is 7.06. The van der Waals surface area contributed by atoms with Crippen LogP contribution in [0.5, 0.6) is 0 Å². The van der Waals surface area contributed by atoms with E-state index in [4.69, 9.17) is 16.6 Å². The van der Waals surface area contributed by atoms with Crippen LogP contribution in [0.4, 0.5) is 5.95 Å². The van der Waals surface area contributed by atoms with E-state index in [1.54, 1.807) is 31.3 Å². The number of nitrogens with zero attached hydrogens (tertiary/aromatic N) is 5. The number of anilines is 1. The van der Waals surface area contributed by atoms with Gasteiger partial charge in [-0.2, -0.15) is 4.98 Å². The van der Waals surface area contributed by atoms with Crippen LogP contribution in [0, 0.1) is 5.92 Å². The summed E-state index contributed by atoms with van der Waals surface area (Å²) in [5.41, 5.74) is 1.10. The van der Waals surface area contributed by atoms with Crippen LogP contribution in [0.25, 0.3) is 11.2 Å². The fraction of sp³-hybridized carbons (Fsp3) is 0.440. The van der Waals surface area contributed by atoms with E-state index in [1.807, 2.05) is 24.5 Å². The van der Waals surface area contributed by atoms with Crippen LogP contribution in [0.3, 0.4) is 0 Å². The number of ketones is 1. The number of aryl methyl sites for hydroxylation is 1. The number of halogens is 1. The highest BCUT2D eigenvalue weighted by molar-refractivity contribution is 6.30. The molecule has 2 aliphatic heterocycles. The molecule has 3 aromatic rings. The average Bonchev–Trinajstić information content (AvgIpc) is 3.54. The van der Waals surface area contributed by atoms with Gasteiger partial charge in [-0.3, -0.25) is 18.7 Å². The van der Waals surface area contributed by atoms with E-state index in [-0.39, 0.29) is 12.3 Å². The first-order valence-corrected chi connectivity index (χ1v) is 12.2. The summed E-state index contributed by atoms with van der Waals surface area (Å²) >= 11 is 5.93. The van der Waals surface area contributed by atoms with Crippen LogP contribution >= 0.6 is 11.6 Å². The van der Waals surface area contributed by atoms with Gasteiger partial charge in [0.15, 0.2) is 16.9 Å². The molecule has 1 N–H and O–H groups in total. The number of benzene rings is 1. The largest absolute Gasteiger partial charge is 0.338 e. The second kappa shape index (κ2) is 9.13. The lowest BCUT2D eigenvalue weighted by atomic mass is 10.1. The summed E-state index contributed by atoms with van der Waals surface area (Å²) in [7, 11) is 1.60. The van der Waals surface area contributed by atoms with Gasteiger partial charge in [-0.25, -0.2) is 4.79 Å². The Morgan fingerprint density at radius 1 is 1.17 bits per heavy atom. The number of allylic oxidation sites excluding steroid dienone is 2. The molecule has 5 rings (SSSR count). The van der Waals surface area contributed by atoms with Crippen molar-refractivity contribution in [1.82, 2.24) is 24.0 Å². The number of aromatic nitrogens is 4. The zero-order valence-corrected chi connectivity index (χ0v) is 20.9. The van der Waals surface area contributed by atoms with Gasteiger partial charge in [0.25, 0.3) is 5.56 Å². The molecule has 0 radical (unpaired) electrons. The van der Waals surface area contributed by atoms with Crippen molar-refractivity contribution in [2.45, 2.75) is 39.4 Å². The van der Waals surface area contributed by atoms with Crippen LogP contribution in [-0.2, 0) is 20.1 Å². The molecule has 4 heterocycles. The van der Waals surface area contributed by atoms with E-state index >= 15 is 0 Å². The number of fused-ring (bicyclic) bond motifs is 2. The normalized spacial score (nSPS) is 19.4. The first kappa shape index (κ1) is 23.6. The maximum Gasteiger partial charge on any atom is 0.332 e. The lowest BCUT2D eigenvalue weighted by molar-refractivity contribution is 0.0969. The van der Waals surface area contributed by atoms with E-state index < -0.39 is 11.2 Å². The number of rotatable bonds is 6. The van der Waals surface area contributed by atoms with Gasteiger partial charge < -0.3 is 14.8 Å². The van der Waals surface area contributed by atoms with Gasteiger partial charge in [-0.05, 0) is 50.5 Å². The smallest absolute Gasteiger partial charge is 0.332 e. The Kier molecular flexibility index (Phi) is 6.14. The predicted octanol–water partition coefficient (Wildman–Crippen LogP) is 2.20. The van der Waals surface area contributed by atoms with Crippen molar-refractivity contribution in [1.29, 1.82) is 0 Å². The standard InChI is InChI=1S/C25H29ClN6O3/c1-15(2)8-10-31-21-22(28-24(31)30-11-9-17-12-27-13-19(17)30)29(3)25(35)32(23(21)34)14-20(33)16-4-6-18(26)7-5-16/h4-8,17,19,27H,9-14H2,1-3H3. The SMILES string of the molecule is CC(C)=CCn1c(N2CCC3CNCC32)nc2c1c(=O)n(CC(=O)c1ccc(Cl)cc1)c(=O)n2C. The van der Waals surface area contributed by atoms with E-state index in [1.165, 1.54) is 4.57 Å². The first-order valence-electron chi connectivity index (χ1n) is 11.9. The Morgan fingerprint density at radius 2 is 1.91 bits per heavy atom. The number of hydrogen-bond acceptors (Lipinski definition) is 6. The molecule has 0 saturated carbocycles. The van der Waals surface area contributed by atoms with Gasteiger partial charge in [0.05, 0.1) is 6.54 Å². The van der Waals surface area contributed by atoms with E-state index in [0.29, 0.717) is 46.2 Å². The number of Topliss-reactive ketones (excluding diaryl/α,β-unsaturated/α-hetero) is 1. The molecule has 1 aromatic carbocycles. The topological polar surface area (TPSA) is 94.2 Å². The summed E-state index contributed by atoms with van der Waals surface area (Å²) in [6.07, 6.45) is 3.10. The van der Waals surface area contributed by atoms with Crippen LogP contribution in [0.2, 0.25) is 5.02 Å². The van der Waals surface area contributed by atoms with Crippen molar-refractivity contribution in [2.75, 3.05) is 24.5 Å². The van der Waals surface area contributed by atoms with Crippen LogP contribution < -0.4 is 21.5 Å². The molecule has 0 aliphatic carbocycles. The first-order chi connectivity index (χ1) is 16.8. The van der Waals surface area contributed by atoms with Crippen molar-refractivity contribution in [3.05, 3.63) is 67.3 Å². The van der Waals surface area contributed by atoms with E-state index in [9.17, 15) is 14.4 Å². The van der Waals surface area contributed by atoms with Crippen molar-refractivity contribution in [3.63, 3.8) is 0 Å². The molecule has 35 heavy (non-hydrogen) atoms. The third-order valence-corrected chi connectivity index (χ3v) is 7.32. The van der Waals surface area contributed by atoms with Gasteiger partial charge in [0.2, 0.25) is 5.95 Å². The molecular weight excluding hydrogens is 468 g/mol. The van der Waals surface area contributed by atoms with Crippen molar-refractivity contribution in [2.24, 2.45) is 13.0 Å². The molecule has 184 valence electrons. The number of carbonyl (C=O) groups excluding carboxylic acids is 1. The Morgan fingerprint density at radius 3 is 2.63 bits per heavy atom. The molecule has 2 aromatic heterocycles. The minimum Gasteiger partial charge on any atom is -0.338 e. The minimum atomic E-state index is -0.565. The number of hydrogen-bond donors (Lipinski definition) is 1. The minimum absolute atomic E-state index is 0.308. The fourth-order valence-electron chi connectivity index (χ4n) is 5.13. The second-order valence-corrected chi connectivity index (χ2v) is 10.0. The summed E-state index contributed by atoms with van der Waals surface area (Å²) in [6.45, 7) is 6.81. The maximum atomic E-state index is 13.7. The molecule has 2 aliphatic rings. The van der Waals surface area contributed by atoms with E-state index in [0.717, 1.165) is 36.2 Å². The summed E-state index contributed by atoms with van der Waals surface area (Å²) in [4.78, 5) is 46.9. The van der Waals surface area contributed by atoms with Crippen LogP contribution in [0.15, 0.2) is 45.5 Å². The lowest BCUT2D eigenvalue weighted by Crippen LogP contribution is -2.41. The second-order valence-electron chi connectivity index (χ2n) is 9.61. The summed E-state index contributed by atoms with van der Waals surface area (Å²) in [5, 5.41) is 3.96. The Hall–Kier alpha value is -3.17. The quantitative estimate of drug-likeness (QED) is 0.415. The van der Waals surface area contributed by atoms with Gasteiger partial charge in [-0.1, -0.05) is 23.3 Å². The third kappa shape index (κ3) is 4.12. The Labute approximate surface area is 207 Å². The molecule has 2 atom stereocenters. The van der Waals surface area contributed by atoms with Gasteiger partial charge in [-0.15, -0.1) is 0 Å². The molecule has 0 amide bonds. The lowest BCUT2D eigenvalue weighted by Gasteiger charge is -2.25. The zero-order valence-electron chi connectivity index (χ0n) is 20.1. The maximum absolute atomic E-state index is 13.7. The summed E-state index contributed by atoms with van der Waals surface area (Å²) < 4.78 is 4.27. The molecule has 2 saturated heterocycles. The van der Waals surface area contributed by atoms with Crippen molar-refractivity contribution in [3.8, 4) is 0 Å². The summed E-state index contributed by atoms with van der Waals surface area (Å²) in [5.74, 6) is 0.905. The molecule has 0 bridgehead atoms. The van der Waals surface area contributed by atoms with Crippen molar-refractivity contribution >= 4 is 34.5 Å². The highest BCUT2D eigenvalue weighted by atomic mass is 35.5. The van der Waals surface area contributed by atoms with Crippen LogP contribution in [0.1, 0.15) is 30.6 Å². The number of nitrogens with one attached hydrogen (secondary N) is 1. The van der Waals surface area contributed by atoms with Gasteiger partial charge in [0, 0.05) is 49.9 Å². The summed E-state index contributed by atoms with van der Waals surface area (Å²) in [6, 6.07) is 6.72. The zero-order chi connectivity index (χ0) is 24.9. The van der Waals surface area contributed by atoms with Crippen LogP contribution in [-0.4, -0.2) is 50.1 Å². The molecular formula is C25H29ClN6O3. The monoisotopic (exact) mass is 496 g/mol. The molecule has 2 unspecified atom stereocenters.